The molecule has 2 aliphatic rings. The van der Waals surface area contributed by atoms with Gasteiger partial charge in [-0.1, -0.05) is 72.4 Å². The van der Waals surface area contributed by atoms with Gasteiger partial charge in [-0.3, -0.25) is 34.0 Å². The molecule has 2 aromatic heterocycles. The van der Waals surface area contributed by atoms with Gasteiger partial charge in [0.15, 0.2) is 6.04 Å². The Kier molecular flexibility index (Phi) is 18.4. The minimum Gasteiger partial charge on any atom is -0.467 e. The van der Waals surface area contributed by atoms with Crippen molar-refractivity contribution in [2.45, 2.75) is 112 Å². The molecule has 4 amide bonds. The van der Waals surface area contributed by atoms with Crippen LogP contribution in [-0.4, -0.2) is 113 Å². The number of alkyl halides is 2. The number of rotatable bonds is 19. The SMILES string of the molecule is C=CC(=O)N1CCC(C(=O)N(C)C(C(=O)NC(C(=O)N2CCCCN2)C(F)(F)c2cccc(-c3ccc4c(c3)c(CC(C)(C)COC=O)c(-c3cccnc3C(C)OC)n4CC)c2)C(C)C)C1.CC. The number of aromatic nitrogens is 2. The fourth-order valence-corrected chi connectivity index (χ4v) is 9.54. The number of likely N-dealkylation sites (tertiary alicyclic amines) is 1. The number of hydrogen-bond acceptors (Lipinski definition) is 9. The zero-order valence-electron chi connectivity index (χ0n) is 41.9. The lowest BCUT2D eigenvalue weighted by atomic mass is 9.84. The van der Waals surface area contributed by atoms with E-state index in [0.717, 1.165) is 44.8 Å². The van der Waals surface area contributed by atoms with Gasteiger partial charge in [-0.05, 0) is 98.5 Å². The van der Waals surface area contributed by atoms with E-state index in [0.29, 0.717) is 56.5 Å². The number of fused-ring (bicyclic) bond motifs is 1. The van der Waals surface area contributed by atoms with Crippen molar-refractivity contribution in [3.8, 4) is 22.4 Å². The van der Waals surface area contributed by atoms with Crippen molar-refractivity contribution >= 4 is 41.0 Å². The molecule has 2 N–H and O–H groups in total. The highest BCUT2D eigenvalue weighted by Gasteiger charge is 2.50. The van der Waals surface area contributed by atoms with E-state index >= 15 is 8.78 Å². The number of nitrogens with one attached hydrogen (secondary N) is 2. The number of methoxy groups -OCH3 is 1. The molecule has 2 fully saturated rings. The summed E-state index contributed by atoms with van der Waals surface area (Å²) in [7, 11) is 3.08. The van der Waals surface area contributed by atoms with Crippen LogP contribution in [0.4, 0.5) is 8.78 Å². The van der Waals surface area contributed by atoms with E-state index in [-0.39, 0.29) is 31.7 Å². The molecular weight excluding hydrogens is 885 g/mol. The van der Waals surface area contributed by atoms with Gasteiger partial charge in [-0.2, -0.15) is 8.78 Å². The summed E-state index contributed by atoms with van der Waals surface area (Å²) in [6.07, 6.45) is 4.76. The van der Waals surface area contributed by atoms with E-state index in [2.05, 4.69) is 28.8 Å². The van der Waals surface area contributed by atoms with Gasteiger partial charge in [0.1, 0.15) is 6.04 Å². The highest BCUT2D eigenvalue weighted by Crippen LogP contribution is 2.43. The molecule has 4 unspecified atom stereocenters. The average Bonchev–Trinajstić information content (AvgIpc) is 3.97. The summed E-state index contributed by atoms with van der Waals surface area (Å²) in [6.45, 7) is 21.2. The van der Waals surface area contributed by atoms with Crippen molar-refractivity contribution in [1.29, 1.82) is 0 Å². The monoisotopic (exact) mass is 956 g/mol. The Balaban J connectivity index is 0.00000438. The normalized spacial score (nSPS) is 16.6. The van der Waals surface area contributed by atoms with E-state index < -0.39 is 58.5 Å². The van der Waals surface area contributed by atoms with Gasteiger partial charge >= 0.3 is 5.92 Å². The fourth-order valence-electron chi connectivity index (χ4n) is 9.54. The number of nitrogens with zero attached hydrogens (tertiary/aromatic N) is 5. The number of amides is 4. The van der Waals surface area contributed by atoms with Crippen molar-refractivity contribution in [1.82, 2.24) is 35.1 Å². The van der Waals surface area contributed by atoms with Crippen LogP contribution in [0.3, 0.4) is 0 Å². The summed E-state index contributed by atoms with van der Waals surface area (Å²) in [5.41, 5.74) is 7.42. The van der Waals surface area contributed by atoms with Crippen molar-refractivity contribution in [3.63, 3.8) is 0 Å². The zero-order chi connectivity index (χ0) is 50.8. The van der Waals surface area contributed by atoms with Crippen LogP contribution >= 0.6 is 0 Å². The Labute approximate surface area is 405 Å². The van der Waals surface area contributed by atoms with Gasteiger partial charge in [0, 0.05) is 80.5 Å². The van der Waals surface area contributed by atoms with E-state index in [1.807, 2.05) is 65.0 Å². The lowest BCUT2D eigenvalue weighted by Gasteiger charge is -2.37. The summed E-state index contributed by atoms with van der Waals surface area (Å²) in [5.74, 6) is -7.68. The number of likely N-dealkylation sites (N-methyl/N-ethyl adjacent to an activating group) is 1. The molecule has 69 heavy (non-hydrogen) atoms. The molecule has 374 valence electrons. The Morgan fingerprint density at radius 1 is 1.03 bits per heavy atom. The number of carbonyl (C=O) groups excluding carboxylic acids is 5. The molecule has 0 aliphatic carbocycles. The van der Waals surface area contributed by atoms with Crippen molar-refractivity contribution < 1.29 is 42.2 Å². The standard InChI is InChI=1S/C51H65F2N7O7.C2H6/c1-10-42(62)58-25-21-36(29-58)48(64)57(8)44(32(3)4)47(63)56-46(49(65)60-24-13-12-23-55-60)51(52,53)37-17-14-16-34(26-37)35-19-20-41-39(27-35)40(28-50(6,7)30-67-31-61)45(59(41)11-2)38-18-15-22-54-43(38)33(5)66-9;1-2/h10,14-20,22,26-27,31-33,36,44,46,55H,1,11-13,21,23-25,28-30H2,2-9H3,(H,56,63);1-2H3. The molecule has 0 bridgehead atoms. The molecule has 4 atom stereocenters. The van der Waals surface area contributed by atoms with Crippen LogP contribution in [-0.2, 0) is 52.3 Å². The minimum absolute atomic E-state index is 0.143. The molecule has 2 saturated heterocycles. The molecule has 16 heteroatoms. The quantitative estimate of drug-likeness (QED) is 0.0701. The first-order valence-corrected chi connectivity index (χ1v) is 24.1. The van der Waals surface area contributed by atoms with E-state index in [1.54, 1.807) is 33.2 Å². The van der Waals surface area contributed by atoms with E-state index in [1.165, 1.54) is 41.1 Å². The highest BCUT2D eigenvalue weighted by atomic mass is 19.3. The number of benzene rings is 2. The predicted octanol–water partition coefficient (Wildman–Crippen LogP) is 8.09. The lowest BCUT2D eigenvalue weighted by molar-refractivity contribution is -0.155. The summed E-state index contributed by atoms with van der Waals surface area (Å²) < 4.78 is 48.1. The second-order valence-electron chi connectivity index (χ2n) is 18.7. The van der Waals surface area contributed by atoms with Gasteiger partial charge < -0.3 is 29.2 Å². The number of hydrogen-bond donors (Lipinski definition) is 2. The molecule has 6 rings (SSSR count). The molecule has 0 spiro atoms. The smallest absolute Gasteiger partial charge is 0.302 e. The number of carbonyl (C=O) groups is 5. The molecule has 2 aromatic carbocycles. The van der Waals surface area contributed by atoms with E-state index in [9.17, 15) is 24.0 Å². The van der Waals surface area contributed by atoms with Crippen molar-refractivity contribution in [2.75, 3.05) is 46.9 Å². The third-order valence-corrected chi connectivity index (χ3v) is 13.1. The Hall–Kier alpha value is -6.00. The van der Waals surface area contributed by atoms with Crippen LogP contribution in [0.15, 0.2) is 73.4 Å². The first-order valence-electron chi connectivity index (χ1n) is 24.1. The molecule has 2 aliphatic heterocycles. The number of halogens is 2. The van der Waals surface area contributed by atoms with Crippen LogP contribution in [0.5, 0.6) is 0 Å². The van der Waals surface area contributed by atoms with Crippen LogP contribution in [0.2, 0.25) is 0 Å². The summed E-state index contributed by atoms with van der Waals surface area (Å²) in [5, 5.41) is 4.45. The van der Waals surface area contributed by atoms with Gasteiger partial charge in [0.25, 0.3) is 12.4 Å². The van der Waals surface area contributed by atoms with Crippen LogP contribution in [0.1, 0.15) is 97.6 Å². The molecule has 4 aromatic rings. The number of hydrazine groups is 1. The second-order valence-corrected chi connectivity index (χ2v) is 18.7. The van der Waals surface area contributed by atoms with Gasteiger partial charge in [-0.15, -0.1) is 0 Å². The van der Waals surface area contributed by atoms with Crippen molar-refractivity contribution in [3.05, 3.63) is 90.3 Å². The third kappa shape index (κ3) is 11.9. The molecular formula is C53H71F2N7O7. The second kappa shape index (κ2) is 23.5. The number of ether oxygens (including phenoxy) is 2. The predicted molar refractivity (Wildman–Crippen MR) is 264 cm³/mol. The summed E-state index contributed by atoms with van der Waals surface area (Å²) in [6, 6.07) is 12.0. The highest BCUT2D eigenvalue weighted by molar-refractivity contribution is 5.96. The molecule has 14 nitrogen and oxygen atoms in total. The first-order chi connectivity index (χ1) is 32.9. The summed E-state index contributed by atoms with van der Waals surface area (Å²) >= 11 is 0. The minimum atomic E-state index is -3.94. The van der Waals surface area contributed by atoms with Crippen molar-refractivity contribution in [2.24, 2.45) is 17.3 Å². The molecule has 0 radical (unpaired) electrons. The third-order valence-electron chi connectivity index (χ3n) is 13.1. The largest absolute Gasteiger partial charge is 0.467 e. The molecule has 0 saturated carbocycles. The fraction of sp³-hybridized carbons (Fsp3) is 0.509. The van der Waals surface area contributed by atoms with Gasteiger partial charge in [0.05, 0.1) is 30.0 Å². The average molecular weight is 956 g/mol. The maximum Gasteiger partial charge on any atom is 0.302 e. The van der Waals surface area contributed by atoms with Crippen LogP contribution < -0.4 is 10.7 Å². The summed E-state index contributed by atoms with van der Waals surface area (Å²) in [4.78, 5) is 73.5. The Bertz CT molecular complexity index is 2470. The maximum absolute atomic E-state index is 17.5. The topological polar surface area (TPSA) is 155 Å². The Morgan fingerprint density at radius 3 is 2.39 bits per heavy atom. The first kappa shape index (κ1) is 53.9. The Morgan fingerprint density at radius 2 is 1.75 bits per heavy atom. The number of pyridine rings is 1. The van der Waals surface area contributed by atoms with Gasteiger partial charge in [-0.25, -0.2) is 5.43 Å². The maximum atomic E-state index is 17.5. The van der Waals surface area contributed by atoms with Crippen LogP contribution in [0.25, 0.3) is 33.3 Å². The number of aryl methyl sites for hydroxylation is 1. The zero-order valence-corrected chi connectivity index (χ0v) is 41.9. The van der Waals surface area contributed by atoms with Gasteiger partial charge in [0.2, 0.25) is 17.7 Å². The molecule has 4 heterocycles. The van der Waals surface area contributed by atoms with Crippen LogP contribution in [0, 0.1) is 17.3 Å². The lowest BCUT2D eigenvalue weighted by Crippen LogP contribution is -2.63. The van der Waals surface area contributed by atoms with E-state index in [4.69, 9.17) is 14.5 Å².